The molecule has 0 unspecified atom stereocenters. The minimum atomic E-state index is -0.568. The lowest BCUT2D eigenvalue weighted by atomic mass is 10.2. The number of halogens is 1. The van der Waals surface area contributed by atoms with E-state index in [4.69, 9.17) is 16.4 Å². The summed E-state index contributed by atoms with van der Waals surface area (Å²) in [4.78, 5) is 21.5. The molecule has 29 heavy (non-hydrogen) atoms. The molecule has 0 radical (unpaired) electrons. The molecule has 2 heterocycles. The Kier molecular flexibility index (Phi) is 5.26. The Bertz CT molecular complexity index is 1130. The van der Waals surface area contributed by atoms with Crippen LogP contribution < -0.4 is 10.6 Å². The standard InChI is InChI=1S/C19H14ClN5O3S/c1-11-6-8-12(9-7-11)25-16(18(27)28-24-25)15-10-29-19(21-15)23-22-17(26)13-4-2-3-5-14(13)20/h2-10,24,27H,1H3. The summed E-state index contributed by atoms with van der Waals surface area (Å²) in [5.74, 6) is -0.895. The monoisotopic (exact) mass is 427 g/mol. The van der Waals surface area contributed by atoms with Gasteiger partial charge < -0.3 is 9.94 Å². The van der Waals surface area contributed by atoms with Crippen molar-refractivity contribution < 1.29 is 14.7 Å². The third-order valence-electron chi connectivity index (χ3n) is 4.02. The van der Waals surface area contributed by atoms with Crippen LogP contribution in [0.4, 0.5) is 10.8 Å². The molecule has 2 N–H and O–H groups in total. The molecule has 0 atom stereocenters. The van der Waals surface area contributed by atoms with Crippen LogP contribution in [0.2, 0.25) is 5.02 Å². The molecule has 0 fully saturated rings. The van der Waals surface area contributed by atoms with E-state index in [1.165, 1.54) is 11.3 Å². The highest BCUT2D eigenvalue weighted by molar-refractivity contribution is 7.13. The zero-order valence-corrected chi connectivity index (χ0v) is 16.6. The fourth-order valence-electron chi connectivity index (χ4n) is 2.57. The largest absolute Gasteiger partial charge is 0.478 e. The number of hydrazine groups is 1. The number of aliphatic hydroxyl groups excluding tert-OH is 1. The Hall–Kier alpha value is -3.27. The van der Waals surface area contributed by atoms with Gasteiger partial charge in [0.1, 0.15) is 5.69 Å². The lowest BCUT2D eigenvalue weighted by molar-refractivity contribution is 0.0461. The number of hydrogen-bond acceptors (Lipinski definition) is 8. The molecule has 3 aromatic rings. The van der Waals surface area contributed by atoms with Gasteiger partial charge in [-0.15, -0.1) is 21.6 Å². The van der Waals surface area contributed by atoms with Crippen LogP contribution in [0, 0.1) is 6.92 Å². The van der Waals surface area contributed by atoms with Crippen LogP contribution in [0.5, 0.6) is 0 Å². The number of nitrogens with zero attached hydrogens (tertiary/aromatic N) is 4. The van der Waals surface area contributed by atoms with Crippen molar-refractivity contribution in [3.05, 3.63) is 81.7 Å². The number of benzene rings is 2. The molecule has 8 nitrogen and oxygen atoms in total. The Morgan fingerprint density at radius 1 is 1.24 bits per heavy atom. The molecule has 2 aromatic carbocycles. The molecule has 0 bridgehead atoms. The number of carbonyl (C=O) groups is 1. The highest BCUT2D eigenvalue weighted by Gasteiger charge is 2.29. The van der Waals surface area contributed by atoms with Crippen molar-refractivity contribution in [2.75, 3.05) is 5.01 Å². The first-order valence-corrected chi connectivity index (χ1v) is 9.68. The van der Waals surface area contributed by atoms with E-state index in [9.17, 15) is 9.90 Å². The Morgan fingerprint density at radius 3 is 2.76 bits per heavy atom. The highest BCUT2D eigenvalue weighted by Crippen LogP contribution is 2.33. The van der Waals surface area contributed by atoms with E-state index in [0.717, 1.165) is 11.3 Å². The fraction of sp³-hybridized carbons (Fsp3) is 0.0526. The first-order valence-electron chi connectivity index (χ1n) is 8.42. The lowest BCUT2D eigenvalue weighted by Crippen LogP contribution is -2.30. The van der Waals surface area contributed by atoms with Gasteiger partial charge in [0.25, 0.3) is 5.91 Å². The molecular formula is C19H14ClN5O3S. The smallest absolute Gasteiger partial charge is 0.327 e. The summed E-state index contributed by atoms with van der Waals surface area (Å²) >= 11 is 7.16. The summed E-state index contributed by atoms with van der Waals surface area (Å²) in [7, 11) is 0. The molecule has 0 aliphatic carbocycles. The van der Waals surface area contributed by atoms with Crippen molar-refractivity contribution in [1.29, 1.82) is 0 Å². The maximum absolute atomic E-state index is 12.2. The number of azo groups is 1. The number of aryl methyl sites for hydroxylation is 1. The summed E-state index contributed by atoms with van der Waals surface area (Å²) in [5.41, 5.74) is 5.47. The lowest BCUT2D eigenvalue weighted by Gasteiger charge is -2.17. The number of anilines is 1. The summed E-state index contributed by atoms with van der Waals surface area (Å²) in [6.45, 7) is 1.98. The Morgan fingerprint density at radius 2 is 2.00 bits per heavy atom. The van der Waals surface area contributed by atoms with Gasteiger partial charge in [-0.25, -0.2) is 9.99 Å². The van der Waals surface area contributed by atoms with Gasteiger partial charge in [-0.2, -0.15) is 0 Å². The zero-order chi connectivity index (χ0) is 20.4. The molecule has 0 saturated heterocycles. The highest BCUT2D eigenvalue weighted by atomic mass is 35.5. The number of nitrogens with one attached hydrogen (secondary N) is 1. The molecule has 10 heteroatoms. The maximum Gasteiger partial charge on any atom is 0.327 e. The Labute approximate surface area is 174 Å². The molecule has 0 saturated carbocycles. The van der Waals surface area contributed by atoms with Crippen LogP contribution in [-0.4, -0.2) is 16.0 Å². The van der Waals surface area contributed by atoms with Crippen molar-refractivity contribution >= 4 is 45.4 Å². The van der Waals surface area contributed by atoms with Gasteiger partial charge in [0.15, 0.2) is 5.70 Å². The molecule has 1 aliphatic heterocycles. The van der Waals surface area contributed by atoms with Gasteiger partial charge in [-0.3, -0.25) is 4.79 Å². The van der Waals surface area contributed by atoms with Gasteiger partial charge in [0, 0.05) is 5.38 Å². The predicted octanol–water partition coefficient (Wildman–Crippen LogP) is 5.17. The van der Waals surface area contributed by atoms with Crippen molar-refractivity contribution in [2.45, 2.75) is 6.92 Å². The third kappa shape index (κ3) is 3.97. The van der Waals surface area contributed by atoms with Crippen molar-refractivity contribution in [3.8, 4) is 0 Å². The van der Waals surface area contributed by atoms with E-state index in [0.29, 0.717) is 16.4 Å². The quantitative estimate of drug-likeness (QED) is 0.557. The number of rotatable bonds is 4. The number of amides is 1. The van der Waals surface area contributed by atoms with E-state index in [2.05, 4.69) is 20.8 Å². The molecular weight excluding hydrogens is 414 g/mol. The van der Waals surface area contributed by atoms with Gasteiger partial charge in [0.2, 0.25) is 5.13 Å². The van der Waals surface area contributed by atoms with Crippen LogP contribution in [-0.2, 0) is 4.84 Å². The maximum atomic E-state index is 12.2. The molecule has 0 spiro atoms. The van der Waals surface area contributed by atoms with E-state index < -0.39 is 5.91 Å². The predicted molar refractivity (Wildman–Crippen MR) is 110 cm³/mol. The minimum Gasteiger partial charge on any atom is -0.478 e. The second-order valence-electron chi connectivity index (χ2n) is 6.02. The van der Waals surface area contributed by atoms with Crippen LogP contribution >= 0.6 is 22.9 Å². The minimum absolute atomic E-state index is 0.247. The van der Waals surface area contributed by atoms with Gasteiger partial charge in [-0.05, 0) is 31.2 Å². The molecule has 1 amide bonds. The van der Waals surface area contributed by atoms with E-state index in [-0.39, 0.29) is 16.6 Å². The Balaban J connectivity index is 1.56. The zero-order valence-electron chi connectivity index (χ0n) is 15.0. The molecule has 1 aromatic heterocycles. The summed E-state index contributed by atoms with van der Waals surface area (Å²) in [5, 5.41) is 21.5. The number of thiazole rings is 1. The SMILES string of the molecule is Cc1ccc(N2NOC(O)=C2c2csc(N=NC(=O)c3ccccc3Cl)n2)cc1. The number of aliphatic hydroxyl groups is 1. The number of hydrogen-bond donors (Lipinski definition) is 2. The van der Waals surface area contributed by atoms with Crippen LogP contribution in [0.15, 0.2) is 70.1 Å². The van der Waals surface area contributed by atoms with Gasteiger partial charge in [0.05, 0.1) is 16.3 Å². The van der Waals surface area contributed by atoms with E-state index >= 15 is 0 Å². The summed E-state index contributed by atoms with van der Waals surface area (Å²) < 4.78 is 0. The van der Waals surface area contributed by atoms with Crippen molar-refractivity contribution in [2.24, 2.45) is 10.2 Å². The van der Waals surface area contributed by atoms with Crippen molar-refractivity contribution in [1.82, 2.24) is 10.6 Å². The van der Waals surface area contributed by atoms with E-state index in [1.807, 2.05) is 31.2 Å². The molecule has 4 rings (SSSR count). The average Bonchev–Trinajstić information content (AvgIpc) is 3.33. The van der Waals surface area contributed by atoms with Crippen LogP contribution in [0.25, 0.3) is 5.70 Å². The van der Waals surface area contributed by atoms with Gasteiger partial charge in [-0.1, -0.05) is 47.0 Å². The van der Waals surface area contributed by atoms with Crippen LogP contribution in [0.1, 0.15) is 21.6 Å². The fourth-order valence-corrected chi connectivity index (χ4v) is 3.41. The van der Waals surface area contributed by atoms with Crippen LogP contribution in [0.3, 0.4) is 0 Å². The van der Waals surface area contributed by atoms with Crippen molar-refractivity contribution in [3.63, 3.8) is 0 Å². The average molecular weight is 428 g/mol. The molecule has 146 valence electrons. The number of carbonyl (C=O) groups excluding carboxylic acids is 1. The van der Waals surface area contributed by atoms with E-state index in [1.54, 1.807) is 34.7 Å². The summed E-state index contributed by atoms with van der Waals surface area (Å²) in [6, 6.07) is 14.2. The van der Waals surface area contributed by atoms with Gasteiger partial charge >= 0.3 is 5.95 Å². The second-order valence-corrected chi connectivity index (χ2v) is 7.26. The first-order chi connectivity index (χ1) is 14.0. The normalized spacial score (nSPS) is 13.9. The first kappa shape index (κ1) is 19.1. The number of aromatic nitrogens is 1. The topological polar surface area (TPSA) is 99.4 Å². The third-order valence-corrected chi connectivity index (χ3v) is 5.07. The second kappa shape index (κ2) is 8.00. The summed E-state index contributed by atoms with van der Waals surface area (Å²) in [6.07, 6.45) is 0. The molecule has 1 aliphatic rings.